The third-order valence-electron chi connectivity index (χ3n) is 6.57. The van der Waals surface area contributed by atoms with Gasteiger partial charge in [-0.25, -0.2) is 8.42 Å². The molecule has 0 bridgehead atoms. The van der Waals surface area contributed by atoms with Crippen molar-refractivity contribution >= 4 is 50.7 Å². The predicted octanol–water partition coefficient (Wildman–Crippen LogP) is 5.71. The number of methoxy groups -OCH3 is 1. The highest BCUT2D eigenvalue weighted by molar-refractivity contribution is 7.92. The molecule has 0 saturated carbocycles. The zero-order chi connectivity index (χ0) is 30.9. The molecule has 0 radical (unpaired) electrons. The number of nitrogens with one attached hydrogen (secondary N) is 1. The summed E-state index contributed by atoms with van der Waals surface area (Å²) >= 11 is 12.6. The number of ether oxygens (including phenoxy) is 1. The van der Waals surface area contributed by atoms with E-state index in [9.17, 15) is 18.0 Å². The van der Waals surface area contributed by atoms with Crippen LogP contribution in [-0.2, 0) is 32.6 Å². The minimum absolute atomic E-state index is 0.00757. The van der Waals surface area contributed by atoms with E-state index in [0.29, 0.717) is 27.0 Å². The summed E-state index contributed by atoms with van der Waals surface area (Å²) in [5, 5.41) is 3.79. The standard InChI is InChI=1S/C31H37Cl2N3O5S/c1-22(2)34-31(38)29(19-23-9-6-5-7-10-23)35(21-24-12-13-25(32)20-28(24)33)30(37)11-8-18-36(42(4,39)40)26-14-16-27(41-3)17-15-26/h5-7,9-10,12-17,20,22,29H,8,11,18-19,21H2,1-4H3,(H,34,38)/t29-/m1/s1. The summed E-state index contributed by atoms with van der Waals surface area (Å²) in [6, 6.07) is 20.2. The molecule has 3 aromatic rings. The van der Waals surface area contributed by atoms with E-state index in [-0.39, 0.29) is 50.2 Å². The van der Waals surface area contributed by atoms with Gasteiger partial charge in [0.25, 0.3) is 0 Å². The van der Waals surface area contributed by atoms with Crippen molar-refractivity contribution in [3.8, 4) is 5.75 Å². The number of nitrogens with zero attached hydrogens (tertiary/aromatic N) is 2. The molecule has 3 rings (SSSR count). The van der Waals surface area contributed by atoms with Crippen LogP contribution in [0.15, 0.2) is 72.8 Å². The zero-order valence-electron chi connectivity index (χ0n) is 24.2. The lowest BCUT2D eigenvalue weighted by Crippen LogP contribution is -2.51. The van der Waals surface area contributed by atoms with Gasteiger partial charge in [0.2, 0.25) is 21.8 Å². The van der Waals surface area contributed by atoms with Crippen LogP contribution in [0.1, 0.15) is 37.8 Å². The van der Waals surface area contributed by atoms with E-state index in [0.717, 1.165) is 11.8 Å². The highest BCUT2D eigenvalue weighted by Gasteiger charge is 2.31. The lowest BCUT2D eigenvalue weighted by Gasteiger charge is -2.32. The molecule has 1 atom stereocenters. The van der Waals surface area contributed by atoms with Crippen molar-refractivity contribution in [3.63, 3.8) is 0 Å². The average Bonchev–Trinajstić information content (AvgIpc) is 2.93. The van der Waals surface area contributed by atoms with Crippen molar-refractivity contribution < 1.29 is 22.7 Å². The van der Waals surface area contributed by atoms with Gasteiger partial charge >= 0.3 is 0 Å². The van der Waals surface area contributed by atoms with Crippen molar-refractivity contribution in [2.75, 3.05) is 24.2 Å². The molecule has 42 heavy (non-hydrogen) atoms. The van der Waals surface area contributed by atoms with Crippen LogP contribution in [0.4, 0.5) is 5.69 Å². The minimum Gasteiger partial charge on any atom is -0.497 e. The Hall–Kier alpha value is -3.27. The molecular formula is C31H37Cl2N3O5S. The van der Waals surface area contributed by atoms with E-state index >= 15 is 0 Å². The number of amides is 2. The Morgan fingerprint density at radius 2 is 1.64 bits per heavy atom. The molecule has 0 fully saturated rings. The SMILES string of the molecule is COc1ccc(N(CCCC(=O)N(Cc2ccc(Cl)cc2Cl)[C@H](Cc2ccccc2)C(=O)NC(C)C)S(C)(=O)=O)cc1. The second kappa shape index (κ2) is 15.3. The van der Waals surface area contributed by atoms with E-state index in [1.54, 1.807) is 42.5 Å². The van der Waals surface area contributed by atoms with Gasteiger partial charge in [0.15, 0.2) is 0 Å². The van der Waals surface area contributed by atoms with E-state index in [4.69, 9.17) is 27.9 Å². The van der Waals surface area contributed by atoms with Gasteiger partial charge in [-0.3, -0.25) is 13.9 Å². The van der Waals surface area contributed by atoms with Gasteiger partial charge < -0.3 is 15.0 Å². The first kappa shape index (κ1) is 33.2. The maximum absolute atomic E-state index is 13.9. The van der Waals surface area contributed by atoms with Crippen LogP contribution in [0.25, 0.3) is 0 Å². The summed E-state index contributed by atoms with van der Waals surface area (Å²) in [4.78, 5) is 28.9. The fraction of sp³-hybridized carbons (Fsp3) is 0.355. The molecule has 0 aromatic heterocycles. The molecule has 8 nitrogen and oxygen atoms in total. The molecule has 0 heterocycles. The number of carbonyl (C=O) groups excluding carboxylic acids is 2. The van der Waals surface area contributed by atoms with Gasteiger partial charge in [0.05, 0.1) is 19.1 Å². The molecule has 0 saturated heterocycles. The summed E-state index contributed by atoms with van der Waals surface area (Å²) in [6.45, 7) is 3.87. The Morgan fingerprint density at radius 1 is 0.976 bits per heavy atom. The van der Waals surface area contributed by atoms with Gasteiger partial charge in [-0.15, -0.1) is 0 Å². The quantitative estimate of drug-likeness (QED) is 0.245. The first-order valence-corrected chi connectivity index (χ1v) is 16.2. The number of carbonyl (C=O) groups is 2. The van der Waals surface area contributed by atoms with E-state index in [1.165, 1.54) is 16.3 Å². The lowest BCUT2D eigenvalue weighted by atomic mass is 10.0. The summed E-state index contributed by atoms with van der Waals surface area (Å²) < 4.78 is 31.7. The first-order valence-electron chi connectivity index (χ1n) is 13.6. The van der Waals surface area contributed by atoms with Crippen LogP contribution in [-0.4, -0.2) is 57.1 Å². The predicted molar refractivity (Wildman–Crippen MR) is 169 cm³/mol. The van der Waals surface area contributed by atoms with E-state index < -0.39 is 16.1 Å². The van der Waals surface area contributed by atoms with Gasteiger partial charge in [0, 0.05) is 42.0 Å². The third kappa shape index (κ3) is 9.64. The Balaban J connectivity index is 1.90. The Kier molecular flexibility index (Phi) is 12.1. The minimum atomic E-state index is -3.62. The number of hydrogen-bond acceptors (Lipinski definition) is 5. The van der Waals surface area contributed by atoms with Crippen LogP contribution in [0.2, 0.25) is 10.0 Å². The number of benzene rings is 3. The fourth-order valence-corrected chi connectivity index (χ4v) is 5.95. The summed E-state index contributed by atoms with van der Waals surface area (Å²) in [6.07, 6.45) is 1.65. The molecule has 0 spiro atoms. The second-order valence-electron chi connectivity index (χ2n) is 10.3. The lowest BCUT2D eigenvalue weighted by molar-refractivity contribution is -0.141. The largest absolute Gasteiger partial charge is 0.497 e. The molecule has 0 aliphatic rings. The highest BCUT2D eigenvalue weighted by Crippen LogP contribution is 2.26. The molecule has 3 aromatic carbocycles. The van der Waals surface area contributed by atoms with Gasteiger partial charge in [0.1, 0.15) is 11.8 Å². The molecule has 1 N–H and O–H groups in total. The van der Waals surface area contributed by atoms with E-state index in [1.807, 2.05) is 44.2 Å². The van der Waals surface area contributed by atoms with Crippen molar-refractivity contribution in [2.24, 2.45) is 0 Å². The van der Waals surface area contributed by atoms with Crippen LogP contribution in [0.5, 0.6) is 5.75 Å². The summed E-state index contributed by atoms with van der Waals surface area (Å²) in [7, 11) is -2.09. The highest BCUT2D eigenvalue weighted by atomic mass is 35.5. The molecule has 0 aliphatic heterocycles. The molecule has 11 heteroatoms. The summed E-state index contributed by atoms with van der Waals surface area (Å²) in [5.41, 5.74) is 2.00. The topological polar surface area (TPSA) is 96.0 Å². The smallest absolute Gasteiger partial charge is 0.243 e. The van der Waals surface area contributed by atoms with Crippen LogP contribution in [0.3, 0.4) is 0 Å². The normalized spacial score (nSPS) is 12.1. The maximum Gasteiger partial charge on any atom is 0.243 e. The van der Waals surface area contributed by atoms with Crippen LogP contribution >= 0.6 is 23.2 Å². The van der Waals surface area contributed by atoms with Gasteiger partial charge in [-0.05, 0) is 67.8 Å². The maximum atomic E-state index is 13.9. The van der Waals surface area contributed by atoms with Crippen molar-refractivity contribution in [3.05, 3.63) is 94.0 Å². The average molecular weight is 635 g/mol. The van der Waals surface area contributed by atoms with E-state index in [2.05, 4.69) is 5.32 Å². The Labute approximate surface area is 258 Å². The number of sulfonamides is 1. The van der Waals surface area contributed by atoms with Gasteiger partial charge in [-0.2, -0.15) is 0 Å². The zero-order valence-corrected chi connectivity index (χ0v) is 26.5. The molecule has 0 aliphatic carbocycles. The summed E-state index contributed by atoms with van der Waals surface area (Å²) in [5.74, 6) is 0.00957. The molecule has 226 valence electrons. The number of anilines is 1. The molecule has 0 unspecified atom stereocenters. The van der Waals surface area contributed by atoms with Crippen LogP contribution in [0, 0.1) is 0 Å². The van der Waals surface area contributed by atoms with Crippen LogP contribution < -0.4 is 14.4 Å². The third-order valence-corrected chi connectivity index (χ3v) is 8.35. The van der Waals surface area contributed by atoms with Crippen molar-refractivity contribution in [2.45, 2.75) is 51.7 Å². The number of hydrogen-bond donors (Lipinski definition) is 1. The molecular weight excluding hydrogens is 597 g/mol. The molecule has 2 amide bonds. The van der Waals surface area contributed by atoms with Crippen molar-refractivity contribution in [1.82, 2.24) is 10.2 Å². The van der Waals surface area contributed by atoms with Crippen molar-refractivity contribution in [1.29, 1.82) is 0 Å². The Morgan fingerprint density at radius 3 is 2.21 bits per heavy atom. The second-order valence-corrected chi connectivity index (χ2v) is 13.0. The number of halogens is 2. The Bertz CT molecular complexity index is 1450. The number of rotatable bonds is 14. The monoisotopic (exact) mass is 633 g/mol. The fourth-order valence-electron chi connectivity index (χ4n) is 4.52. The van der Waals surface area contributed by atoms with Gasteiger partial charge in [-0.1, -0.05) is 59.6 Å². The first-order chi connectivity index (χ1) is 19.9.